The zero-order valence-electron chi connectivity index (χ0n) is 13.1. The first kappa shape index (κ1) is 17.5. The smallest absolute Gasteiger partial charge is 0.303 e. The van der Waals surface area contributed by atoms with E-state index in [1.54, 1.807) is 0 Å². The van der Waals surface area contributed by atoms with Crippen LogP contribution in [0.25, 0.3) is 0 Å². The van der Waals surface area contributed by atoms with Gasteiger partial charge in [-0.15, -0.1) is 0 Å². The van der Waals surface area contributed by atoms with Crippen LogP contribution in [0, 0.1) is 11.3 Å². The van der Waals surface area contributed by atoms with Crippen molar-refractivity contribution in [2.75, 3.05) is 6.54 Å². The molecule has 2 amide bonds. The number of hydrogen-bond donors (Lipinski definition) is 3. The van der Waals surface area contributed by atoms with Crippen molar-refractivity contribution in [2.45, 2.75) is 58.9 Å². The SMILES string of the molecule is CC(C)(C)C(CCNC(=O)[C@H]1CCC(=O)N1)CCC(=O)O. The van der Waals surface area contributed by atoms with Crippen molar-refractivity contribution in [3.05, 3.63) is 0 Å². The molecule has 2 atom stereocenters. The third kappa shape index (κ3) is 6.14. The standard InChI is InChI=1S/C15H26N2O4/c1-15(2,3)10(4-7-13(19)20)8-9-16-14(21)11-5-6-12(18)17-11/h10-11H,4-9H2,1-3H3,(H,16,21)(H,17,18)(H,19,20)/t10?,11-/m1/s1. The van der Waals surface area contributed by atoms with Crippen LogP contribution in [0.2, 0.25) is 0 Å². The Bertz CT molecular complexity index is 401. The van der Waals surface area contributed by atoms with Crippen LogP contribution in [0.4, 0.5) is 0 Å². The van der Waals surface area contributed by atoms with E-state index in [1.807, 2.05) is 0 Å². The summed E-state index contributed by atoms with van der Waals surface area (Å²) in [6.45, 7) is 6.75. The molecular formula is C15H26N2O4. The lowest BCUT2D eigenvalue weighted by atomic mass is 9.76. The zero-order valence-corrected chi connectivity index (χ0v) is 13.1. The number of carbonyl (C=O) groups is 3. The van der Waals surface area contributed by atoms with Crippen molar-refractivity contribution < 1.29 is 19.5 Å². The lowest BCUT2D eigenvalue weighted by Crippen LogP contribution is -2.42. The second-order valence-corrected chi connectivity index (χ2v) is 6.73. The summed E-state index contributed by atoms with van der Waals surface area (Å²) < 4.78 is 0. The molecule has 0 aromatic carbocycles. The zero-order chi connectivity index (χ0) is 16.0. The molecule has 0 radical (unpaired) electrons. The minimum Gasteiger partial charge on any atom is -0.481 e. The van der Waals surface area contributed by atoms with Gasteiger partial charge < -0.3 is 15.7 Å². The fourth-order valence-corrected chi connectivity index (χ4v) is 2.61. The van der Waals surface area contributed by atoms with Crippen molar-refractivity contribution in [3.63, 3.8) is 0 Å². The monoisotopic (exact) mass is 298 g/mol. The van der Waals surface area contributed by atoms with Crippen LogP contribution in [0.15, 0.2) is 0 Å². The van der Waals surface area contributed by atoms with Crippen LogP contribution in [0.1, 0.15) is 52.9 Å². The summed E-state index contributed by atoms with van der Waals surface area (Å²) in [5.74, 6) is -0.787. The fourth-order valence-electron chi connectivity index (χ4n) is 2.61. The number of rotatable bonds is 7. The first-order chi connectivity index (χ1) is 9.70. The highest BCUT2D eigenvalue weighted by Crippen LogP contribution is 2.32. The van der Waals surface area contributed by atoms with Gasteiger partial charge in [0.1, 0.15) is 6.04 Å². The van der Waals surface area contributed by atoms with E-state index >= 15 is 0 Å². The Balaban J connectivity index is 2.37. The number of carboxylic acids is 1. The van der Waals surface area contributed by atoms with Crippen LogP contribution in [-0.4, -0.2) is 35.5 Å². The number of hydrogen-bond acceptors (Lipinski definition) is 3. The molecular weight excluding hydrogens is 272 g/mol. The van der Waals surface area contributed by atoms with Gasteiger partial charge in [0.2, 0.25) is 11.8 Å². The third-order valence-electron chi connectivity index (χ3n) is 4.04. The van der Waals surface area contributed by atoms with E-state index in [4.69, 9.17) is 5.11 Å². The van der Waals surface area contributed by atoms with Gasteiger partial charge in [0.15, 0.2) is 0 Å². The van der Waals surface area contributed by atoms with E-state index < -0.39 is 12.0 Å². The Kier molecular flexibility index (Phi) is 6.18. The summed E-state index contributed by atoms with van der Waals surface area (Å²) in [7, 11) is 0. The predicted molar refractivity (Wildman–Crippen MR) is 78.6 cm³/mol. The summed E-state index contributed by atoms with van der Waals surface area (Å²) in [4.78, 5) is 33.6. The van der Waals surface area contributed by atoms with Crippen LogP contribution in [0.5, 0.6) is 0 Å². The van der Waals surface area contributed by atoms with Crippen LogP contribution >= 0.6 is 0 Å². The van der Waals surface area contributed by atoms with Crippen molar-refractivity contribution in [2.24, 2.45) is 11.3 Å². The van der Waals surface area contributed by atoms with E-state index in [2.05, 4.69) is 31.4 Å². The maximum atomic E-state index is 11.9. The van der Waals surface area contributed by atoms with Crippen molar-refractivity contribution in [1.29, 1.82) is 0 Å². The van der Waals surface area contributed by atoms with Gasteiger partial charge in [0.05, 0.1) is 0 Å². The molecule has 0 aromatic rings. The Hall–Kier alpha value is -1.59. The number of nitrogens with one attached hydrogen (secondary N) is 2. The van der Waals surface area contributed by atoms with E-state index in [0.29, 0.717) is 25.8 Å². The molecule has 1 aliphatic rings. The molecule has 1 aliphatic heterocycles. The molecule has 6 heteroatoms. The largest absolute Gasteiger partial charge is 0.481 e. The average Bonchev–Trinajstić information content (AvgIpc) is 2.78. The van der Waals surface area contributed by atoms with Crippen LogP contribution in [-0.2, 0) is 14.4 Å². The summed E-state index contributed by atoms with van der Waals surface area (Å²) in [6.07, 6.45) is 2.44. The summed E-state index contributed by atoms with van der Waals surface area (Å²) in [6, 6.07) is -0.412. The Morgan fingerprint density at radius 1 is 1.38 bits per heavy atom. The highest BCUT2D eigenvalue weighted by molar-refractivity contribution is 5.90. The summed E-state index contributed by atoms with van der Waals surface area (Å²) in [5.41, 5.74) is 0.00174. The van der Waals surface area contributed by atoms with Crippen molar-refractivity contribution >= 4 is 17.8 Å². The third-order valence-corrected chi connectivity index (χ3v) is 4.04. The van der Waals surface area contributed by atoms with Gasteiger partial charge in [-0.1, -0.05) is 20.8 Å². The predicted octanol–water partition coefficient (Wildman–Crippen LogP) is 1.30. The lowest BCUT2D eigenvalue weighted by Gasteiger charge is -2.30. The van der Waals surface area contributed by atoms with Gasteiger partial charge in [-0.25, -0.2) is 0 Å². The number of amides is 2. The molecule has 1 rings (SSSR count). The number of carbonyl (C=O) groups excluding carboxylic acids is 2. The normalized spacial score (nSPS) is 20.0. The molecule has 21 heavy (non-hydrogen) atoms. The Morgan fingerprint density at radius 2 is 2.05 bits per heavy atom. The average molecular weight is 298 g/mol. The lowest BCUT2D eigenvalue weighted by molar-refractivity contribution is -0.137. The van der Waals surface area contributed by atoms with Gasteiger partial charge in [0, 0.05) is 19.4 Å². The van der Waals surface area contributed by atoms with E-state index in [1.165, 1.54) is 0 Å². The molecule has 6 nitrogen and oxygen atoms in total. The van der Waals surface area contributed by atoms with Gasteiger partial charge in [0.25, 0.3) is 0 Å². The van der Waals surface area contributed by atoms with Crippen molar-refractivity contribution in [3.8, 4) is 0 Å². The molecule has 1 saturated heterocycles. The molecule has 1 heterocycles. The van der Waals surface area contributed by atoms with Crippen LogP contribution in [0.3, 0.4) is 0 Å². The molecule has 0 spiro atoms. The first-order valence-corrected chi connectivity index (χ1v) is 7.49. The Morgan fingerprint density at radius 3 is 2.52 bits per heavy atom. The first-order valence-electron chi connectivity index (χ1n) is 7.49. The van der Waals surface area contributed by atoms with Crippen LogP contribution < -0.4 is 10.6 Å². The van der Waals surface area contributed by atoms with Gasteiger partial charge in [-0.2, -0.15) is 0 Å². The van der Waals surface area contributed by atoms with E-state index in [9.17, 15) is 14.4 Å². The molecule has 1 unspecified atom stereocenters. The summed E-state index contributed by atoms with van der Waals surface area (Å²) in [5, 5.41) is 14.3. The molecule has 0 aromatic heterocycles. The number of aliphatic carboxylic acids is 1. The van der Waals surface area contributed by atoms with E-state index in [-0.39, 0.29) is 29.6 Å². The quantitative estimate of drug-likeness (QED) is 0.660. The van der Waals surface area contributed by atoms with Gasteiger partial charge in [-0.05, 0) is 30.6 Å². The molecule has 0 saturated carbocycles. The Labute approximate surface area is 125 Å². The van der Waals surface area contributed by atoms with Gasteiger partial charge >= 0.3 is 5.97 Å². The maximum Gasteiger partial charge on any atom is 0.303 e. The minimum atomic E-state index is -0.790. The molecule has 0 aliphatic carbocycles. The molecule has 120 valence electrons. The minimum absolute atomic E-state index is 0.00174. The highest BCUT2D eigenvalue weighted by atomic mass is 16.4. The van der Waals surface area contributed by atoms with E-state index in [0.717, 1.165) is 6.42 Å². The highest BCUT2D eigenvalue weighted by Gasteiger charge is 2.28. The van der Waals surface area contributed by atoms with Crippen molar-refractivity contribution in [1.82, 2.24) is 10.6 Å². The van der Waals surface area contributed by atoms with Gasteiger partial charge in [-0.3, -0.25) is 14.4 Å². The summed E-state index contributed by atoms with van der Waals surface area (Å²) >= 11 is 0. The number of carboxylic acid groups (broad SMARTS) is 1. The second-order valence-electron chi connectivity index (χ2n) is 6.73. The maximum absolute atomic E-state index is 11.9. The molecule has 3 N–H and O–H groups in total. The molecule has 1 fully saturated rings. The fraction of sp³-hybridized carbons (Fsp3) is 0.800. The topological polar surface area (TPSA) is 95.5 Å². The second kappa shape index (κ2) is 7.43. The molecule has 0 bridgehead atoms.